The van der Waals surface area contributed by atoms with Crippen LogP contribution in [0.3, 0.4) is 0 Å². The van der Waals surface area contributed by atoms with Crippen molar-refractivity contribution in [3.8, 4) is 17.2 Å². The molecule has 1 aromatic heterocycles. The smallest absolute Gasteiger partial charge is 0.231 e. The fraction of sp³-hybridized carbons (Fsp3) is 0.333. The van der Waals surface area contributed by atoms with E-state index < -0.39 is 0 Å². The lowest BCUT2D eigenvalue weighted by Crippen LogP contribution is -1.95. The Morgan fingerprint density at radius 3 is 3.06 bits per heavy atom. The molecule has 0 amide bonds. The summed E-state index contributed by atoms with van der Waals surface area (Å²) in [6.45, 7) is 0.425. The highest BCUT2D eigenvalue weighted by Gasteiger charge is 2.14. The van der Waals surface area contributed by atoms with Gasteiger partial charge in [0.15, 0.2) is 11.5 Å². The molecule has 2 aromatic rings. The monoisotopic (exact) mass is 247 g/mol. The zero-order valence-electron chi connectivity index (χ0n) is 9.74. The third kappa shape index (κ3) is 2.02. The average Bonchev–Trinajstić information content (AvgIpc) is 3.04. The van der Waals surface area contributed by atoms with Gasteiger partial charge in [-0.1, -0.05) is 5.21 Å². The van der Waals surface area contributed by atoms with E-state index in [1.54, 1.807) is 4.68 Å². The van der Waals surface area contributed by atoms with Crippen molar-refractivity contribution in [1.29, 1.82) is 0 Å². The number of hydrogen-bond acceptors (Lipinski definition) is 5. The minimum Gasteiger partial charge on any atom is -0.454 e. The summed E-state index contributed by atoms with van der Waals surface area (Å²) in [5, 5.41) is 16.9. The summed E-state index contributed by atoms with van der Waals surface area (Å²) in [5.74, 6) is 1.47. The summed E-state index contributed by atoms with van der Waals surface area (Å²) >= 11 is 0. The van der Waals surface area contributed by atoms with E-state index >= 15 is 0 Å². The molecule has 6 heteroatoms. The molecule has 3 rings (SSSR count). The Hall–Kier alpha value is -2.08. The van der Waals surface area contributed by atoms with Crippen molar-refractivity contribution in [2.24, 2.45) is 0 Å². The van der Waals surface area contributed by atoms with Gasteiger partial charge in [-0.15, -0.1) is 5.10 Å². The average molecular weight is 247 g/mol. The van der Waals surface area contributed by atoms with Gasteiger partial charge < -0.3 is 14.6 Å². The number of benzene rings is 1. The van der Waals surface area contributed by atoms with Gasteiger partial charge in [-0.05, 0) is 25.0 Å². The Kier molecular flexibility index (Phi) is 2.85. The molecular weight excluding hydrogens is 234 g/mol. The minimum atomic E-state index is 0.164. The Bertz CT molecular complexity index is 553. The van der Waals surface area contributed by atoms with E-state index in [1.165, 1.54) is 0 Å². The van der Waals surface area contributed by atoms with Crippen LogP contribution in [0.25, 0.3) is 5.69 Å². The predicted octanol–water partition coefficient (Wildman–Crippen LogP) is 0.921. The molecule has 94 valence electrons. The molecule has 1 aliphatic heterocycles. The molecule has 2 heterocycles. The molecule has 18 heavy (non-hydrogen) atoms. The zero-order chi connectivity index (χ0) is 12.4. The third-order valence-corrected chi connectivity index (χ3v) is 2.75. The standard InChI is InChI=1S/C12H13N3O3/c16-5-1-2-9-7-15(14-13-9)10-3-4-11-12(6-10)18-8-17-11/h3-4,6-7,16H,1-2,5,8H2. The van der Waals surface area contributed by atoms with Gasteiger partial charge in [0.2, 0.25) is 6.79 Å². The number of rotatable bonds is 4. The molecule has 0 spiro atoms. The molecule has 0 bridgehead atoms. The van der Waals surface area contributed by atoms with Crippen LogP contribution in [0.2, 0.25) is 0 Å². The number of aliphatic hydroxyl groups is 1. The second-order valence-electron chi connectivity index (χ2n) is 4.02. The van der Waals surface area contributed by atoms with Crippen LogP contribution in [0.1, 0.15) is 12.1 Å². The van der Waals surface area contributed by atoms with E-state index in [0.717, 1.165) is 29.3 Å². The summed E-state index contributed by atoms with van der Waals surface area (Å²) in [6.07, 6.45) is 3.27. The van der Waals surface area contributed by atoms with Crippen LogP contribution in [0, 0.1) is 0 Å². The molecule has 1 aliphatic rings. The molecule has 0 fully saturated rings. The van der Waals surface area contributed by atoms with Gasteiger partial charge in [0.05, 0.1) is 17.6 Å². The molecule has 0 unspecified atom stereocenters. The highest BCUT2D eigenvalue weighted by atomic mass is 16.7. The maximum Gasteiger partial charge on any atom is 0.231 e. The fourth-order valence-corrected chi connectivity index (χ4v) is 1.83. The molecule has 1 N–H and O–H groups in total. The molecule has 0 saturated carbocycles. The highest BCUT2D eigenvalue weighted by Crippen LogP contribution is 2.33. The van der Waals surface area contributed by atoms with Crippen molar-refractivity contribution in [2.45, 2.75) is 12.8 Å². The third-order valence-electron chi connectivity index (χ3n) is 2.75. The van der Waals surface area contributed by atoms with Crippen LogP contribution in [0.4, 0.5) is 0 Å². The van der Waals surface area contributed by atoms with Crippen LogP contribution < -0.4 is 9.47 Å². The lowest BCUT2D eigenvalue weighted by atomic mass is 10.2. The SMILES string of the molecule is OCCCc1cn(-c2ccc3c(c2)OCO3)nn1. The van der Waals surface area contributed by atoms with Gasteiger partial charge in [0.1, 0.15) is 0 Å². The second kappa shape index (κ2) is 4.66. The van der Waals surface area contributed by atoms with E-state index in [0.29, 0.717) is 6.42 Å². The fourth-order valence-electron chi connectivity index (χ4n) is 1.83. The summed E-state index contributed by atoms with van der Waals surface area (Å²) in [7, 11) is 0. The summed E-state index contributed by atoms with van der Waals surface area (Å²) < 4.78 is 12.3. The summed E-state index contributed by atoms with van der Waals surface area (Å²) in [5.41, 5.74) is 1.74. The van der Waals surface area contributed by atoms with E-state index in [2.05, 4.69) is 10.3 Å². The topological polar surface area (TPSA) is 69.4 Å². The molecule has 0 radical (unpaired) electrons. The van der Waals surface area contributed by atoms with Crippen molar-refractivity contribution >= 4 is 0 Å². The molecule has 0 aliphatic carbocycles. The number of aromatic nitrogens is 3. The number of fused-ring (bicyclic) bond motifs is 1. The van der Waals surface area contributed by atoms with Crippen LogP contribution >= 0.6 is 0 Å². The molecular formula is C12H13N3O3. The van der Waals surface area contributed by atoms with Crippen LogP contribution in [-0.4, -0.2) is 33.5 Å². The first-order valence-electron chi connectivity index (χ1n) is 5.79. The Balaban J connectivity index is 1.83. The Morgan fingerprint density at radius 2 is 2.17 bits per heavy atom. The normalized spacial score (nSPS) is 12.9. The Morgan fingerprint density at radius 1 is 1.28 bits per heavy atom. The number of hydrogen-bond donors (Lipinski definition) is 1. The van der Waals surface area contributed by atoms with E-state index in [-0.39, 0.29) is 13.4 Å². The predicted molar refractivity (Wildman–Crippen MR) is 62.9 cm³/mol. The number of nitrogens with zero attached hydrogens (tertiary/aromatic N) is 3. The molecule has 1 aromatic carbocycles. The van der Waals surface area contributed by atoms with Crippen molar-refractivity contribution in [3.05, 3.63) is 30.1 Å². The van der Waals surface area contributed by atoms with E-state index in [1.807, 2.05) is 24.4 Å². The lowest BCUT2D eigenvalue weighted by molar-refractivity contribution is 0.174. The van der Waals surface area contributed by atoms with Crippen molar-refractivity contribution in [3.63, 3.8) is 0 Å². The van der Waals surface area contributed by atoms with Crippen LogP contribution in [-0.2, 0) is 6.42 Å². The van der Waals surface area contributed by atoms with Crippen molar-refractivity contribution < 1.29 is 14.6 Å². The van der Waals surface area contributed by atoms with Crippen molar-refractivity contribution in [2.75, 3.05) is 13.4 Å². The number of ether oxygens (including phenoxy) is 2. The second-order valence-corrected chi connectivity index (χ2v) is 4.02. The molecule has 0 saturated heterocycles. The largest absolute Gasteiger partial charge is 0.454 e. The van der Waals surface area contributed by atoms with Gasteiger partial charge in [-0.2, -0.15) is 0 Å². The van der Waals surface area contributed by atoms with Crippen LogP contribution in [0.5, 0.6) is 11.5 Å². The van der Waals surface area contributed by atoms with Gasteiger partial charge in [0, 0.05) is 12.7 Å². The summed E-state index contributed by atoms with van der Waals surface area (Å²) in [6, 6.07) is 5.62. The van der Waals surface area contributed by atoms with Gasteiger partial charge in [-0.3, -0.25) is 0 Å². The highest BCUT2D eigenvalue weighted by molar-refractivity contribution is 5.49. The zero-order valence-corrected chi connectivity index (χ0v) is 9.74. The maximum atomic E-state index is 8.77. The number of aliphatic hydroxyl groups excluding tert-OH is 1. The first-order chi connectivity index (χ1) is 8.86. The van der Waals surface area contributed by atoms with Gasteiger partial charge >= 0.3 is 0 Å². The Labute approximate surface area is 104 Å². The lowest BCUT2D eigenvalue weighted by Gasteiger charge is -2.01. The quantitative estimate of drug-likeness (QED) is 0.870. The van der Waals surface area contributed by atoms with E-state index in [9.17, 15) is 0 Å². The molecule has 0 atom stereocenters. The molecule has 6 nitrogen and oxygen atoms in total. The van der Waals surface area contributed by atoms with Gasteiger partial charge in [0.25, 0.3) is 0 Å². The van der Waals surface area contributed by atoms with Gasteiger partial charge in [-0.25, -0.2) is 4.68 Å². The first-order valence-corrected chi connectivity index (χ1v) is 5.79. The number of aryl methyl sites for hydroxylation is 1. The van der Waals surface area contributed by atoms with Crippen molar-refractivity contribution in [1.82, 2.24) is 15.0 Å². The maximum absolute atomic E-state index is 8.77. The van der Waals surface area contributed by atoms with Crippen LogP contribution in [0.15, 0.2) is 24.4 Å². The minimum absolute atomic E-state index is 0.164. The van der Waals surface area contributed by atoms with E-state index in [4.69, 9.17) is 14.6 Å². The first kappa shape index (κ1) is 11.0. The summed E-state index contributed by atoms with van der Waals surface area (Å²) in [4.78, 5) is 0.